The van der Waals surface area contributed by atoms with Crippen LogP contribution in [0, 0.1) is 5.92 Å². The number of anilines is 1. The third-order valence-electron chi connectivity index (χ3n) is 5.99. The Morgan fingerprint density at radius 1 is 1.12 bits per heavy atom. The van der Waals surface area contributed by atoms with Gasteiger partial charge in [-0.3, -0.25) is 9.59 Å². The van der Waals surface area contributed by atoms with E-state index in [1.54, 1.807) is 0 Å². The third-order valence-corrected chi connectivity index (χ3v) is 5.99. The molecule has 2 atom stereocenters. The Bertz CT molecular complexity index is 978. The summed E-state index contributed by atoms with van der Waals surface area (Å²) in [5.41, 5.74) is 0.0708. The highest BCUT2D eigenvalue weighted by Crippen LogP contribution is 2.35. The van der Waals surface area contributed by atoms with E-state index in [-0.39, 0.29) is 35.7 Å². The number of rotatable bonds is 5. The summed E-state index contributed by atoms with van der Waals surface area (Å²) in [6, 6.07) is 12.8. The first-order valence-electron chi connectivity index (χ1n) is 10.8. The maximum absolute atomic E-state index is 13.5. The molecule has 2 heterocycles. The lowest BCUT2D eigenvalue weighted by atomic mass is 9.89. The van der Waals surface area contributed by atoms with E-state index in [4.69, 9.17) is 4.74 Å². The normalized spacial score (nSPS) is 21.6. The largest absolute Gasteiger partial charge is 0.416 e. The summed E-state index contributed by atoms with van der Waals surface area (Å²) in [7, 11) is 0. The number of nitrogens with one attached hydrogen (secondary N) is 1. The third kappa shape index (κ3) is 4.96. The highest BCUT2D eigenvalue weighted by molar-refractivity contribution is 5.99. The molecule has 0 saturated carbocycles. The van der Waals surface area contributed by atoms with Gasteiger partial charge in [-0.1, -0.05) is 30.3 Å². The topological polar surface area (TPSA) is 58.6 Å². The number of carbonyl (C=O) groups is 2. The van der Waals surface area contributed by atoms with Gasteiger partial charge in [-0.2, -0.15) is 13.2 Å². The van der Waals surface area contributed by atoms with Crippen LogP contribution in [0.2, 0.25) is 0 Å². The minimum absolute atomic E-state index is 0.0144. The second kappa shape index (κ2) is 9.32. The molecule has 0 radical (unpaired) electrons. The van der Waals surface area contributed by atoms with Crippen LogP contribution < -0.4 is 10.2 Å². The minimum Gasteiger partial charge on any atom is -0.373 e. The molecule has 0 bridgehead atoms. The van der Waals surface area contributed by atoms with Crippen molar-refractivity contribution < 1.29 is 27.5 Å². The van der Waals surface area contributed by atoms with E-state index in [2.05, 4.69) is 5.32 Å². The predicted octanol–water partition coefficient (Wildman–Crippen LogP) is 4.73. The first-order valence-corrected chi connectivity index (χ1v) is 10.8. The molecule has 0 spiro atoms. The molecule has 4 rings (SSSR count). The number of alkyl halides is 3. The molecule has 0 aliphatic carbocycles. The second-order valence-electron chi connectivity index (χ2n) is 8.23. The van der Waals surface area contributed by atoms with Gasteiger partial charge in [-0.15, -0.1) is 0 Å². The van der Waals surface area contributed by atoms with Crippen LogP contribution in [-0.2, 0) is 15.7 Å². The number of carbonyl (C=O) groups excluding carboxylic acids is 2. The first-order chi connectivity index (χ1) is 15.3. The molecule has 2 unspecified atom stereocenters. The zero-order chi connectivity index (χ0) is 22.7. The van der Waals surface area contributed by atoms with Gasteiger partial charge >= 0.3 is 6.18 Å². The Labute approximate surface area is 184 Å². The number of hydrogen-bond donors (Lipinski definition) is 1. The van der Waals surface area contributed by atoms with Crippen LogP contribution in [0.3, 0.4) is 0 Å². The first kappa shape index (κ1) is 22.3. The van der Waals surface area contributed by atoms with E-state index in [9.17, 15) is 22.8 Å². The number of hydrogen-bond acceptors (Lipinski definition) is 3. The molecule has 2 aromatic rings. The number of ether oxygens (including phenoxy) is 1. The molecule has 32 heavy (non-hydrogen) atoms. The molecular formula is C24H25F3N2O3. The van der Waals surface area contributed by atoms with Crippen LogP contribution in [0.25, 0.3) is 0 Å². The number of halogens is 3. The Balaban J connectivity index is 1.52. The fourth-order valence-electron chi connectivity index (χ4n) is 4.37. The highest BCUT2D eigenvalue weighted by atomic mass is 19.4. The van der Waals surface area contributed by atoms with Crippen LogP contribution in [-0.4, -0.2) is 31.5 Å². The number of benzene rings is 2. The molecule has 2 saturated heterocycles. The maximum atomic E-state index is 13.5. The SMILES string of the molecule is O=C(NCC1CCCOC1c1ccccc1)c1cc(N2CCCC2=O)cc(C(F)(F)F)c1. The van der Waals surface area contributed by atoms with Crippen molar-refractivity contribution in [2.24, 2.45) is 5.92 Å². The number of nitrogens with zero attached hydrogens (tertiary/aromatic N) is 1. The maximum Gasteiger partial charge on any atom is 0.416 e. The smallest absolute Gasteiger partial charge is 0.373 e. The van der Waals surface area contributed by atoms with Gasteiger partial charge in [0.05, 0.1) is 11.7 Å². The molecule has 2 aliphatic rings. The van der Waals surface area contributed by atoms with Gasteiger partial charge in [0, 0.05) is 43.3 Å². The molecule has 2 fully saturated rings. The minimum atomic E-state index is -4.62. The zero-order valence-electron chi connectivity index (χ0n) is 17.5. The lowest BCUT2D eigenvalue weighted by Gasteiger charge is -2.32. The Morgan fingerprint density at radius 3 is 2.59 bits per heavy atom. The van der Waals surface area contributed by atoms with Crippen molar-refractivity contribution in [3.05, 3.63) is 65.2 Å². The van der Waals surface area contributed by atoms with Crippen LogP contribution in [0.15, 0.2) is 48.5 Å². The number of amides is 2. The van der Waals surface area contributed by atoms with Gasteiger partial charge in [-0.05, 0) is 43.0 Å². The van der Waals surface area contributed by atoms with Gasteiger partial charge in [-0.25, -0.2) is 0 Å². The fraction of sp³-hybridized carbons (Fsp3) is 0.417. The van der Waals surface area contributed by atoms with E-state index in [1.807, 2.05) is 30.3 Å². The summed E-state index contributed by atoms with van der Waals surface area (Å²) in [6.07, 6.45) is -2.22. The van der Waals surface area contributed by atoms with Crippen molar-refractivity contribution in [3.8, 4) is 0 Å². The average Bonchev–Trinajstić information content (AvgIpc) is 3.23. The summed E-state index contributed by atoms with van der Waals surface area (Å²) in [4.78, 5) is 26.2. The van der Waals surface area contributed by atoms with Gasteiger partial charge in [0.25, 0.3) is 5.91 Å². The Kier molecular flexibility index (Phi) is 6.50. The monoisotopic (exact) mass is 446 g/mol. The second-order valence-corrected chi connectivity index (χ2v) is 8.23. The van der Waals surface area contributed by atoms with E-state index in [0.717, 1.165) is 30.5 Å². The standard InChI is InChI=1S/C24H25F3N2O3/c25-24(26,27)19-12-18(13-20(14-19)29-10-4-9-21(29)30)23(31)28-15-17-8-5-11-32-22(17)16-6-2-1-3-7-16/h1-3,6-7,12-14,17,22H,4-5,8-11,15H2,(H,28,31). The Hall–Kier alpha value is -2.87. The fourth-order valence-corrected chi connectivity index (χ4v) is 4.37. The molecule has 1 N–H and O–H groups in total. The van der Waals surface area contributed by atoms with Crippen molar-refractivity contribution in [1.29, 1.82) is 0 Å². The molecule has 5 nitrogen and oxygen atoms in total. The van der Waals surface area contributed by atoms with Crippen molar-refractivity contribution in [3.63, 3.8) is 0 Å². The van der Waals surface area contributed by atoms with E-state index >= 15 is 0 Å². The van der Waals surface area contributed by atoms with Gasteiger partial charge in [0.2, 0.25) is 5.91 Å². The molecule has 8 heteroatoms. The Morgan fingerprint density at radius 2 is 1.91 bits per heavy atom. The van der Waals surface area contributed by atoms with E-state index < -0.39 is 17.6 Å². The van der Waals surface area contributed by atoms with Gasteiger partial charge < -0.3 is 15.0 Å². The summed E-state index contributed by atoms with van der Waals surface area (Å²) in [5.74, 6) is -0.817. The molecule has 2 aromatic carbocycles. The summed E-state index contributed by atoms with van der Waals surface area (Å²) < 4.78 is 46.3. The molecular weight excluding hydrogens is 421 g/mol. The quantitative estimate of drug-likeness (QED) is 0.723. The zero-order valence-corrected chi connectivity index (χ0v) is 17.5. The van der Waals surface area contributed by atoms with Gasteiger partial charge in [0.15, 0.2) is 0 Å². The van der Waals surface area contributed by atoms with Crippen molar-refractivity contribution in [2.75, 3.05) is 24.6 Å². The summed E-state index contributed by atoms with van der Waals surface area (Å²) in [5, 5.41) is 2.79. The van der Waals surface area contributed by atoms with Crippen molar-refractivity contribution in [2.45, 2.75) is 38.0 Å². The lowest BCUT2D eigenvalue weighted by Crippen LogP contribution is -2.35. The molecule has 2 aliphatic heterocycles. The predicted molar refractivity (Wildman–Crippen MR) is 113 cm³/mol. The van der Waals surface area contributed by atoms with Crippen LogP contribution in [0.5, 0.6) is 0 Å². The molecule has 2 amide bonds. The summed E-state index contributed by atoms with van der Waals surface area (Å²) >= 11 is 0. The molecule has 0 aromatic heterocycles. The molecule has 170 valence electrons. The van der Waals surface area contributed by atoms with Crippen LogP contribution >= 0.6 is 0 Å². The average molecular weight is 446 g/mol. The van der Waals surface area contributed by atoms with Crippen molar-refractivity contribution in [1.82, 2.24) is 5.32 Å². The van der Waals surface area contributed by atoms with Crippen LogP contribution in [0.1, 0.15) is 53.3 Å². The lowest BCUT2D eigenvalue weighted by molar-refractivity contribution is -0.137. The van der Waals surface area contributed by atoms with Crippen LogP contribution in [0.4, 0.5) is 18.9 Å². The van der Waals surface area contributed by atoms with Gasteiger partial charge in [0.1, 0.15) is 0 Å². The van der Waals surface area contributed by atoms with Crippen molar-refractivity contribution >= 4 is 17.5 Å². The van der Waals surface area contributed by atoms with E-state index in [1.165, 1.54) is 11.0 Å². The highest BCUT2D eigenvalue weighted by Gasteiger charge is 2.34. The van der Waals surface area contributed by atoms with E-state index in [0.29, 0.717) is 26.0 Å². The summed E-state index contributed by atoms with van der Waals surface area (Å²) in [6.45, 7) is 1.26.